The molecule has 4 aromatic rings. The molecule has 4 aromatic heterocycles. The summed E-state index contributed by atoms with van der Waals surface area (Å²) >= 11 is 5.25. The Morgan fingerprint density at radius 1 is 0.911 bits per heavy atom. The summed E-state index contributed by atoms with van der Waals surface area (Å²) in [5.74, 6) is -0.0223. The molecule has 0 amide bonds. The minimum absolute atomic E-state index is 0.0485. The summed E-state index contributed by atoms with van der Waals surface area (Å²) < 4.78 is 49.6. The smallest absolute Gasteiger partial charge is 0.387 e. The number of hydrogen-bond acceptors (Lipinski definition) is 16. The molecule has 20 nitrogen and oxygen atoms in total. The molecule has 45 heavy (non-hydrogen) atoms. The molecule has 3 aliphatic heterocycles. The maximum atomic E-state index is 13.1. The van der Waals surface area contributed by atoms with Crippen LogP contribution in [0.5, 0.6) is 0 Å². The molecule has 0 aromatic carbocycles. The zero-order valence-corrected chi connectivity index (χ0v) is 25.3. The number of aliphatic hydroxyl groups excluding tert-OH is 2. The molecule has 7 rings (SSSR count). The number of aromatic nitrogens is 6. The van der Waals surface area contributed by atoms with Crippen molar-refractivity contribution in [3.63, 3.8) is 0 Å². The van der Waals surface area contributed by atoms with E-state index in [9.17, 15) is 29.4 Å². The molecule has 0 saturated carbocycles. The molecule has 3 aliphatic rings. The van der Waals surface area contributed by atoms with Crippen LogP contribution in [0.25, 0.3) is 22.1 Å². The van der Waals surface area contributed by atoms with Crippen LogP contribution < -0.4 is 17.0 Å². The predicted molar refractivity (Wildman–Crippen MR) is 155 cm³/mol. The topological polar surface area (TPSA) is 287 Å². The fourth-order valence-electron chi connectivity index (χ4n) is 5.57. The van der Waals surface area contributed by atoms with Gasteiger partial charge in [-0.3, -0.25) is 23.3 Å². The highest BCUT2D eigenvalue weighted by atomic mass is 32.5. The zero-order chi connectivity index (χ0) is 31.8. The number of H-pyrrole nitrogens is 1. The lowest BCUT2D eigenvalue weighted by Gasteiger charge is -2.27. The minimum atomic E-state index is -4.99. The fraction of sp³-hybridized carbons (Fsp3) is 0.455. The quantitative estimate of drug-likeness (QED) is 0.124. The van der Waals surface area contributed by atoms with Crippen molar-refractivity contribution in [1.82, 2.24) is 29.1 Å². The summed E-state index contributed by atoms with van der Waals surface area (Å²) in [6, 6.07) is 3.02. The number of aromatic amines is 1. The Morgan fingerprint density at radius 2 is 1.60 bits per heavy atom. The van der Waals surface area contributed by atoms with Crippen LogP contribution >= 0.6 is 14.5 Å². The van der Waals surface area contributed by atoms with Gasteiger partial charge in [0, 0.05) is 12.4 Å². The Bertz CT molecular complexity index is 1940. The van der Waals surface area contributed by atoms with Crippen molar-refractivity contribution < 1.29 is 52.1 Å². The van der Waals surface area contributed by atoms with Gasteiger partial charge < -0.3 is 54.6 Å². The average molecular weight is 689 g/mol. The largest absolute Gasteiger partial charge is 0.472 e. The molecular weight excluding hydrogens is 662 g/mol. The van der Waals surface area contributed by atoms with Gasteiger partial charge >= 0.3 is 14.5 Å². The van der Waals surface area contributed by atoms with Crippen LogP contribution in [0.4, 0.5) is 11.8 Å². The Labute approximate surface area is 256 Å². The van der Waals surface area contributed by atoms with E-state index >= 15 is 0 Å². The lowest BCUT2D eigenvalue weighted by atomic mass is 10.1. The molecule has 242 valence electrons. The van der Waals surface area contributed by atoms with Gasteiger partial charge in [-0.15, -0.1) is 0 Å². The molecule has 0 radical (unpaired) electrons. The lowest BCUT2D eigenvalue weighted by Crippen LogP contribution is -2.36. The molecule has 7 heterocycles. The molecule has 23 heteroatoms. The number of ether oxygens (including phenoxy) is 2. The highest BCUT2D eigenvalue weighted by Crippen LogP contribution is 2.54. The first-order chi connectivity index (χ1) is 21.3. The molecular formula is C22H26N8O12P2S. The first-order valence-electron chi connectivity index (χ1n) is 13.2. The van der Waals surface area contributed by atoms with Gasteiger partial charge in [0.1, 0.15) is 54.4 Å². The maximum Gasteiger partial charge on any atom is 0.472 e. The summed E-state index contributed by atoms with van der Waals surface area (Å²) in [5, 5.41) is 22.9. The van der Waals surface area contributed by atoms with Crippen LogP contribution in [0.2, 0.25) is 0 Å². The van der Waals surface area contributed by atoms with E-state index in [-0.39, 0.29) is 22.8 Å². The number of fused-ring (bicyclic) bond motifs is 5. The summed E-state index contributed by atoms with van der Waals surface area (Å²) in [4.78, 5) is 48.6. The second-order valence-corrected chi connectivity index (χ2v) is 14.6. The molecule has 3 saturated heterocycles. The zero-order valence-electron chi connectivity index (χ0n) is 22.7. The van der Waals surface area contributed by atoms with E-state index < -0.39 is 82.4 Å². The Kier molecular flexibility index (Phi) is 7.61. The standard InChI is InChI=1S/C22H26N8O12P2S/c23-16-8-1-3-29(17(8)26-7-25-16)21-15-12(31)10(39-21)5-37-43(34,35)41-14-11(6-38-44(36,45)42-15)40-20(13(14)32)30-4-2-9-18(30)27-22(24)28-19(9)33/h1-4,7,10-15,20-21,31-32H,5-6H2,(H,34,35)(H,36,45)(H2,23,25,26)(H3,24,27,28,33)/t10-,11-,12+,13+,14?,15?,20-,21-,44?/m1/s1. The fourth-order valence-corrected chi connectivity index (χ4v) is 7.95. The molecule has 2 bridgehead atoms. The van der Waals surface area contributed by atoms with E-state index in [1.54, 1.807) is 6.07 Å². The third kappa shape index (κ3) is 5.48. The highest BCUT2D eigenvalue weighted by molar-refractivity contribution is 8.07. The Morgan fingerprint density at radius 3 is 2.38 bits per heavy atom. The summed E-state index contributed by atoms with van der Waals surface area (Å²) in [6.07, 6.45) is -7.20. The molecule has 0 aliphatic carbocycles. The van der Waals surface area contributed by atoms with Crippen molar-refractivity contribution >= 4 is 60.2 Å². The van der Waals surface area contributed by atoms with Gasteiger partial charge in [-0.25, -0.2) is 14.5 Å². The molecule has 4 unspecified atom stereocenters. The Hall–Kier alpha value is -2.88. The van der Waals surface area contributed by atoms with Gasteiger partial charge in [0.25, 0.3) is 5.56 Å². The van der Waals surface area contributed by atoms with Crippen molar-refractivity contribution in [3.05, 3.63) is 41.2 Å². The monoisotopic (exact) mass is 688 g/mol. The normalized spacial score (nSPS) is 37.7. The van der Waals surface area contributed by atoms with Crippen LogP contribution in [0.1, 0.15) is 12.5 Å². The van der Waals surface area contributed by atoms with Gasteiger partial charge in [-0.05, 0) is 23.9 Å². The van der Waals surface area contributed by atoms with E-state index in [0.29, 0.717) is 11.0 Å². The number of aliphatic hydroxyl groups is 2. The van der Waals surface area contributed by atoms with Gasteiger partial charge in [0.15, 0.2) is 18.1 Å². The van der Waals surface area contributed by atoms with E-state index in [2.05, 4.69) is 19.9 Å². The Balaban J connectivity index is 1.21. The van der Waals surface area contributed by atoms with Crippen LogP contribution in [0.3, 0.4) is 0 Å². The number of phosphoric acid groups is 1. The number of phosphoric ester groups is 1. The van der Waals surface area contributed by atoms with Crippen LogP contribution in [0.15, 0.2) is 35.6 Å². The first kappa shape index (κ1) is 30.8. The lowest BCUT2D eigenvalue weighted by molar-refractivity contribution is -0.0634. The SMILES string of the molecule is Nc1nc2c(ccn2[C@@H]2O[C@@H]3COP(O)(=S)OC4[C@@H](O)[C@@H](COP(=O)(O)OC3[C@@H]2O)O[C@H]4n2ccc3c(N)ncnc32)c(=O)[nH]1. The summed E-state index contributed by atoms with van der Waals surface area (Å²) in [6.45, 7) is -5.53. The van der Waals surface area contributed by atoms with Crippen LogP contribution in [0, 0.1) is 0 Å². The molecule has 3 fully saturated rings. The number of nitrogens with zero attached hydrogens (tertiary/aromatic N) is 5. The van der Waals surface area contributed by atoms with E-state index in [0.717, 1.165) is 0 Å². The second kappa shape index (κ2) is 11.1. The number of nitrogens with two attached hydrogens (primary N) is 2. The number of anilines is 2. The molecule has 9 N–H and O–H groups in total. The highest BCUT2D eigenvalue weighted by Gasteiger charge is 2.53. The van der Waals surface area contributed by atoms with Gasteiger partial charge in [0.2, 0.25) is 5.95 Å². The van der Waals surface area contributed by atoms with Crippen LogP contribution in [-0.4, -0.2) is 98.9 Å². The van der Waals surface area contributed by atoms with Crippen LogP contribution in [-0.2, 0) is 43.9 Å². The summed E-state index contributed by atoms with van der Waals surface area (Å²) in [5.41, 5.74) is 11.4. The van der Waals surface area contributed by atoms with E-state index in [1.165, 1.54) is 33.9 Å². The average Bonchev–Trinajstić information content (AvgIpc) is 3.72. The third-order valence-electron chi connectivity index (χ3n) is 7.62. The number of nitrogen functional groups attached to an aromatic ring is 2. The minimum Gasteiger partial charge on any atom is -0.387 e. The van der Waals surface area contributed by atoms with Crippen molar-refractivity contribution in [1.29, 1.82) is 0 Å². The first-order valence-corrected chi connectivity index (χ1v) is 17.3. The molecule has 10 atom stereocenters. The van der Waals surface area contributed by atoms with Gasteiger partial charge in [-0.1, -0.05) is 0 Å². The second-order valence-electron chi connectivity index (χ2n) is 10.4. The third-order valence-corrected chi connectivity index (χ3v) is 10.2. The maximum absolute atomic E-state index is 13.1. The number of rotatable bonds is 2. The van der Waals surface area contributed by atoms with E-state index in [4.69, 9.17) is 50.8 Å². The van der Waals surface area contributed by atoms with E-state index in [1.807, 2.05) is 0 Å². The van der Waals surface area contributed by atoms with Crippen molar-refractivity contribution in [3.8, 4) is 0 Å². The molecule has 0 spiro atoms. The van der Waals surface area contributed by atoms with Gasteiger partial charge in [-0.2, -0.15) is 4.98 Å². The van der Waals surface area contributed by atoms with Crippen molar-refractivity contribution in [2.45, 2.75) is 49.1 Å². The number of hydrogen-bond donors (Lipinski definition) is 7. The van der Waals surface area contributed by atoms with Crippen molar-refractivity contribution in [2.24, 2.45) is 0 Å². The van der Waals surface area contributed by atoms with Crippen molar-refractivity contribution in [2.75, 3.05) is 24.7 Å². The van der Waals surface area contributed by atoms with Gasteiger partial charge in [0.05, 0.1) is 24.0 Å². The number of nitrogens with one attached hydrogen (secondary N) is 1. The summed E-state index contributed by atoms with van der Waals surface area (Å²) in [7, 11) is -4.99. The predicted octanol–water partition coefficient (Wildman–Crippen LogP) is -1.02.